The van der Waals surface area contributed by atoms with E-state index >= 15 is 0 Å². The highest BCUT2D eigenvalue weighted by Crippen LogP contribution is 2.27. The molecule has 19 heavy (non-hydrogen) atoms. The molecule has 2 rings (SSSR count). The van der Waals surface area contributed by atoms with Crippen molar-refractivity contribution in [1.29, 1.82) is 0 Å². The van der Waals surface area contributed by atoms with Crippen LogP contribution in [-0.2, 0) is 11.3 Å². The summed E-state index contributed by atoms with van der Waals surface area (Å²) in [5.74, 6) is 1.88. The standard InChI is InChI=1S/C15H25N3O/c1-12-8-13(2)18(11-12)15-5-4-14(10-17-15)9-16-6-7-19-3/h4-5,10,12-13,16H,6-9,11H2,1-3H3. The van der Waals surface area contributed by atoms with Crippen molar-refractivity contribution < 1.29 is 4.74 Å². The van der Waals surface area contributed by atoms with Gasteiger partial charge in [-0.15, -0.1) is 0 Å². The topological polar surface area (TPSA) is 37.4 Å². The van der Waals surface area contributed by atoms with Crippen LogP contribution in [0.2, 0.25) is 0 Å². The van der Waals surface area contributed by atoms with E-state index in [2.05, 4.69) is 41.2 Å². The van der Waals surface area contributed by atoms with Crippen LogP contribution < -0.4 is 10.2 Å². The molecule has 106 valence electrons. The molecule has 0 aromatic carbocycles. The second kappa shape index (κ2) is 6.87. The number of nitrogens with one attached hydrogen (secondary N) is 1. The molecule has 0 bridgehead atoms. The molecule has 0 radical (unpaired) electrons. The molecule has 2 unspecified atom stereocenters. The minimum absolute atomic E-state index is 0.605. The SMILES string of the molecule is COCCNCc1ccc(N2CC(C)CC2C)nc1. The van der Waals surface area contributed by atoms with Crippen molar-refractivity contribution in [2.75, 3.05) is 31.7 Å². The van der Waals surface area contributed by atoms with E-state index in [1.54, 1.807) is 7.11 Å². The Morgan fingerprint density at radius 3 is 2.84 bits per heavy atom. The van der Waals surface area contributed by atoms with Crippen LogP contribution in [0.4, 0.5) is 5.82 Å². The lowest BCUT2D eigenvalue weighted by Crippen LogP contribution is -2.27. The van der Waals surface area contributed by atoms with Crippen molar-refractivity contribution in [1.82, 2.24) is 10.3 Å². The summed E-state index contributed by atoms with van der Waals surface area (Å²) in [6.45, 7) is 8.19. The normalized spacial score (nSPS) is 23.0. The Morgan fingerprint density at radius 2 is 2.26 bits per heavy atom. The summed E-state index contributed by atoms with van der Waals surface area (Å²) in [7, 11) is 1.72. The van der Waals surface area contributed by atoms with Gasteiger partial charge in [0.05, 0.1) is 6.61 Å². The Kier molecular flexibility index (Phi) is 5.16. The zero-order valence-corrected chi connectivity index (χ0v) is 12.2. The van der Waals surface area contributed by atoms with Gasteiger partial charge in [0.2, 0.25) is 0 Å². The van der Waals surface area contributed by atoms with Crippen LogP contribution >= 0.6 is 0 Å². The molecule has 0 saturated carbocycles. The van der Waals surface area contributed by atoms with Crippen LogP contribution in [0.3, 0.4) is 0 Å². The van der Waals surface area contributed by atoms with Gasteiger partial charge in [-0.05, 0) is 30.9 Å². The highest BCUT2D eigenvalue weighted by molar-refractivity contribution is 5.41. The molecule has 4 nitrogen and oxygen atoms in total. The number of nitrogens with zero attached hydrogens (tertiary/aromatic N) is 2. The molecular formula is C15H25N3O. The molecule has 4 heteroatoms. The van der Waals surface area contributed by atoms with Crippen molar-refractivity contribution in [3.8, 4) is 0 Å². The van der Waals surface area contributed by atoms with E-state index in [-0.39, 0.29) is 0 Å². The molecule has 1 N–H and O–H groups in total. The summed E-state index contributed by atoms with van der Waals surface area (Å²) in [6.07, 6.45) is 3.24. The summed E-state index contributed by atoms with van der Waals surface area (Å²) >= 11 is 0. The number of methoxy groups -OCH3 is 1. The summed E-state index contributed by atoms with van der Waals surface area (Å²) < 4.78 is 5.00. The molecule has 0 amide bonds. The molecule has 1 aromatic rings. The Hall–Kier alpha value is -1.13. The van der Waals surface area contributed by atoms with Crippen LogP contribution in [0.15, 0.2) is 18.3 Å². The summed E-state index contributed by atoms with van der Waals surface area (Å²) in [5.41, 5.74) is 1.22. The summed E-state index contributed by atoms with van der Waals surface area (Å²) in [4.78, 5) is 7.01. The lowest BCUT2D eigenvalue weighted by Gasteiger charge is -2.22. The maximum atomic E-state index is 5.00. The molecule has 2 heterocycles. The van der Waals surface area contributed by atoms with Gasteiger partial charge in [0, 0.05) is 39.0 Å². The van der Waals surface area contributed by atoms with Gasteiger partial charge in [0.15, 0.2) is 0 Å². The monoisotopic (exact) mass is 263 g/mol. The third-order valence-corrected chi connectivity index (χ3v) is 3.70. The average molecular weight is 263 g/mol. The zero-order valence-electron chi connectivity index (χ0n) is 12.2. The third kappa shape index (κ3) is 3.91. The Balaban J connectivity index is 1.87. The van der Waals surface area contributed by atoms with Crippen LogP contribution in [0.25, 0.3) is 0 Å². The zero-order chi connectivity index (χ0) is 13.7. The molecule has 1 fully saturated rings. The molecule has 0 spiro atoms. The minimum atomic E-state index is 0.605. The fraction of sp³-hybridized carbons (Fsp3) is 0.667. The average Bonchev–Trinajstić information content (AvgIpc) is 2.75. The highest BCUT2D eigenvalue weighted by Gasteiger charge is 2.26. The Labute approximate surface area is 116 Å². The maximum absolute atomic E-state index is 5.00. The molecule has 0 aliphatic carbocycles. The molecular weight excluding hydrogens is 238 g/mol. The van der Waals surface area contributed by atoms with Crippen molar-refractivity contribution in [2.24, 2.45) is 5.92 Å². The predicted molar refractivity (Wildman–Crippen MR) is 78.4 cm³/mol. The first-order chi connectivity index (χ1) is 9.20. The molecule has 1 aliphatic rings. The molecule has 1 aromatic heterocycles. The van der Waals surface area contributed by atoms with Crippen LogP contribution in [0, 0.1) is 5.92 Å². The predicted octanol–water partition coefficient (Wildman–Crippen LogP) is 2.05. The van der Waals surface area contributed by atoms with Crippen molar-refractivity contribution >= 4 is 5.82 Å². The van der Waals surface area contributed by atoms with Crippen LogP contribution in [-0.4, -0.2) is 37.8 Å². The fourth-order valence-electron chi connectivity index (χ4n) is 2.72. The van der Waals surface area contributed by atoms with Gasteiger partial charge < -0.3 is 15.0 Å². The second-order valence-corrected chi connectivity index (χ2v) is 5.54. The lowest BCUT2D eigenvalue weighted by atomic mass is 10.1. The van der Waals surface area contributed by atoms with E-state index < -0.39 is 0 Å². The lowest BCUT2D eigenvalue weighted by molar-refractivity contribution is 0.199. The Morgan fingerprint density at radius 1 is 1.42 bits per heavy atom. The number of anilines is 1. The maximum Gasteiger partial charge on any atom is 0.128 e. The number of rotatable bonds is 6. The largest absolute Gasteiger partial charge is 0.383 e. The van der Waals surface area contributed by atoms with Gasteiger partial charge in [0.1, 0.15) is 5.82 Å². The van der Waals surface area contributed by atoms with E-state index in [9.17, 15) is 0 Å². The highest BCUT2D eigenvalue weighted by atomic mass is 16.5. The van der Waals surface area contributed by atoms with Gasteiger partial charge in [-0.25, -0.2) is 4.98 Å². The van der Waals surface area contributed by atoms with E-state index in [0.29, 0.717) is 6.04 Å². The van der Waals surface area contributed by atoms with E-state index in [4.69, 9.17) is 4.74 Å². The molecule has 1 saturated heterocycles. The van der Waals surface area contributed by atoms with E-state index in [1.165, 1.54) is 12.0 Å². The van der Waals surface area contributed by atoms with Gasteiger partial charge in [-0.3, -0.25) is 0 Å². The first kappa shape index (κ1) is 14.3. The first-order valence-electron chi connectivity index (χ1n) is 7.12. The van der Waals surface area contributed by atoms with E-state index in [0.717, 1.165) is 38.0 Å². The van der Waals surface area contributed by atoms with E-state index in [1.807, 2.05) is 6.20 Å². The number of aromatic nitrogens is 1. The van der Waals surface area contributed by atoms with Crippen molar-refractivity contribution in [3.05, 3.63) is 23.9 Å². The summed E-state index contributed by atoms with van der Waals surface area (Å²) in [5, 5.41) is 3.33. The quantitative estimate of drug-likeness (QED) is 0.797. The number of ether oxygens (including phenoxy) is 1. The van der Waals surface area contributed by atoms with Crippen LogP contribution in [0.1, 0.15) is 25.8 Å². The minimum Gasteiger partial charge on any atom is -0.383 e. The van der Waals surface area contributed by atoms with Crippen molar-refractivity contribution in [2.45, 2.75) is 32.9 Å². The van der Waals surface area contributed by atoms with Crippen molar-refractivity contribution in [3.63, 3.8) is 0 Å². The smallest absolute Gasteiger partial charge is 0.128 e. The first-order valence-corrected chi connectivity index (χ1v) is 7.12. The summed E-state index contributed by atoms with van der Waals surface area (Å²) in [6, 6.07) is 4.91. The van der Waals surface area contributed by atoms with Gasteiger partial charge >= 0.3 is 0 Å². The molecule has 1 aliphatic heterocycles. The molecule has 2 atom stereocenters. The van der Waals surface area contributed by atoms with Gasteiger partial charge in [-0.1, -0.05) is 13.0 Å². The van der Waals surface area contributed by atoms with Crippen LogP contribution in [0.5, 0.6) is 0 Å². The second-order valence-electron chi connectivity index (χ2n) is 5.54. The number of hydrogen-bond donors (Lipinski definition) is 1. The van der Waals surface area contributed by atoms with Gasteiger partial charge in [0.25, 0.3) is 0 Å². The van der Waals surface area contributed by atoms with Gasteiger partial charge in [-0.2, -0.15) is 0 Å². The Bertz CT molecular complexity index is 379. The fourth-order valence-corrected chi connectivity index (χ4v) is 2.72. The number of hydrogen-bond acceptors (Lipinski definition) is 4. The number of pyridine rings is 1. The third-order valence-electron chi connectivity index (χ3n) is 3.70.